The molecule has 2 heterocycles. The van der Waals surface area contributed by atoms with Crippen molar-refractivity contribution >= 4 is 5.91 Å². The number of aromatic nitrogens is 1. The smallest absolute Gasteiger partial charge is 0.232 e. The summed E-state index contributed by atoms with van der Waals surface area (Å²) in [6, 6.07) is 3.88. The lowest BCUT2D eigenvalue weighted by Crippen LogP contribution is -2.50. The van der Waals surface area contributed by atoms with Crippen LogP contribution in [0.2, 0.25) is 0 Å². The maximum Gasteiger partial charge on any atom is 0.232 e. The van der Waals surface area contributed by atoms with E-state index in [2.05, 4.69) is 4.98 Å². The first kappa shape index (κ1) is 13.0. The minimum atomic E-state index is -0.442. The van der Waals surface area contributed by atoms with Crippen molar-refractivity contribution in [1.29, 1.82) is 0 Å². The second-order valence-electron chi connectivity index (χ2n) is 5.05. The second-order valence-corrected chi connectivity index (χ2v) is 5.05. The largest absolute Gasteiger partial charge is 0.348 e. The van der Waals surface area contributed by atoms with Gasteiger partial charge < -0.3 is 4.90 Å². The van der Waals surface area contributed by atoms with Crippen LogP contribution >= 0.6 is 0 Å². The predicted molar refractivity (Wildman–Crippen MR) is 69.7 cm³/mol. The van der Waals surface area contributed by atoms with Gasteiger partial charge in [-0.15, -0.1) is 0 Å². The summed E-state index contributed by atoms with van der Waals surface area (Å²) in [5, 5.41) is 0. The maximum absolute atomic E-state index is 12.6. The van der Waals surface area contributed by atoms with Crippen molar-refractivity contribution in [3.8, 4) is 0 Å². The summed E-state index contributed by atoms with van der Waals surface area (Å²) in [4.78, 5) is 20.1. The highest BCUT2D eigenvalue weighted by atomic mass is 16.2. The molecule has 4 nitrogen and oxygen atoms in total. The van der Waals surface area contributed by atoms with Gasteiger partial charge in [0.1, 0.15) is 0 Å². The summed E-state index contributed by atoms with van der Waals surface area (Å²) < 4.78 is 0. The average Bonchev–Trinajstić information content (AvgIpc) is 2.40. The van der Waals surface area contributed by atoms with Crippen molar-refractivity contribution in [2.24, 2.45) is 0 Å². The molecule has 2 radical (unpaired) electrons. The van der Waals surface area contributed by atoms with Crippen molar-refractivity contribution < 1.29 is 4.79 Å². The van der Waals surface area contributed by atoms with Crippen molar-refractivity contribution in [3.05, 3.63) is 37.1 Å². The molecule has 1 fully saturated rings. The van der Waals surface area contributed by atoms with E-state index in [4.69, 9.17) is 7.05 Å². The number of carbonyl (C=O) groups excluding carboxylic acids is 1. The number of carbonyl (C=O) groups is 1. The maximum atomic E-state index is 12.6. The van der Waals surface area contributed by atoms with E-state index < -0.39 is 5.41 Å². The molecule has 0 spiro atoms. The Kier molecular flexibility index (Phi) is 3.66. The summed E-state index contributed by atoms with van der Waals surface area (Å²) in [6.07, 6.45) is 5.00. The summed E-state index contributed by atoms with van der Waals surface area (Å²) in [5.41, 5.74) is 0.603. The number of hydrogen-bond donors (Lipinski definition) is 0. The topological polar surface area (TPSA) is 36.4 Å². The van der Waals surface area contributed by atoms with Gasteiger partial charge in [0.15, 0.2) is 0 Å². The molecule has 1 aliphatic heterocycles. The fourth-order valence-electron chi connectivity index (χ4n) is 2.63. The number of amides is 1. The van der Waals surface area contributed by atoms with Crippen LogP contribution in [0.15, 0.2) is 24.5 Å². The highest BCUT2D eigenvalue weighted by Crippen LogP contribution is 2.36. The minimum Gasteiger partial charge on any atom is -0.348 e. The number of likely N-dealkylation sites (N-methyl/N-ethyl adjacent to an activating group) is 1. The zero-order chi connectivity index (χ0) is 13.2. The highest BCUT2D eigenvalue weighted by molar-refractivity contribution is 5.88. The van der Waals surface area contributed by atoms with Crippen LogP contribution in [0.4, 0.5) is 0 Å². The summed E-state index contributed by atoms with van der Waals surface area (Å²) >= 11 is 0. The quantitative estimate of drug-likeness (QED) is 0.785. The molecule has 0 N–H and O–H groups in total. The Balaban J connectivity index is 2.38. The van der Waals surface area contributed by atoms with Crippen LogP contribution in [-0.2, 0) is 10.2 Å². The molecular formula is C14H19N3O. The lowest BCUT2D eigenvalue weighted by Gasteiger charge is -2.41. The number of pyridine rings is 1. The molecule has 0 aromatic carbocycles. The van der Waals surface area contributed by atoms with E-state index in [1.165, 1.54) is 0 Å². The van der Waals surface area contributed by atoms with Gasteiger partial charge in [-0.3, -0.25) is 14.7 Å². The number of piperidine rings is 1. The lowest BCUT2D eigenvalue weighted by atomic mass is 9.72. The Morgan fingerprint density at radius 1 is 1.33 bits per heavy atom. The van der Waals surface area contributed by atoms with Gasteiger partial charge in [-0.1, -0.05) is 0 Å². The van der Waals surface area contributed by atoms with E-state index in [1.807, 2.05) is 12.1 Å². The van der Waals surface area contributed by atoms with Crippen LogP contribution in [0.25, 0.3) is 0 Å². The van der Waals surface area contributed by atoms with Crippen LogP contribution in [-0.4, -0.2) is 47.9 Å². The fourth-order valence-corrected chi connectivity index (χ4v) is 2.63. The monoisotopic (exact) mass is 245 g/mol. The van der Waals surface area contributed by atoms with E-state index in [0.717, 1.165) is 31.5 Å². The Morgan fingerprint density at radius 3 is 2.39 bits per heavy atom. The normalized spacial score (nSPS) is 19.5. The van der Waals surface area contributed by atoms with Gasteiger partial charge >= 0.3 is 0 Å². The van der Waals surface area contributed by atoms with Crippen molar-refractivity contribution in [2.75, 3.05) is 27.2 Å². The zero-order valence-corrected chi connectivity index (χ0v) is 11.0. The number of rotatable bonds is 2. The van der Waals surface area contributed by atoms with Crippen LogP contribution in [0.1, 0.15) is 18.4 Å². The molecule has 0 atom stereocenters. The van der Waals surface area contributed by atoms with E-state index in [1.54, 1.807) is 36.3 Å². The Bertz CT molecular complexity index is 408. The van der Waals surface area contributed by atoms with E-state index in [0.29, 0.717) is 0 Å². The first-order chi connectivity index (χ1) is 8.56. The molecule has 1 aliphatic rings. The molecule has 4 heteroatoms. The second kappa shape index (κ2) is 5.06. The molecule has 1 aromatic rings. The predicted octanol–water partition coefficient (Wildman–Crippen LogP) is 1.17. The molecule has 2 rings (SSSR count). The number of likely N-dealkylation sites (tertiary alicyclic amines) is 1. The third kappa shape index (κ3) is 2.25. The molecule has 1 aromatic heterocycles. The number of nitrogens with zero attached hydrogens (tertiary/aromatic N) is 3. The van der Waals surface area contributed by atoms with Gasteiger partial charge in [-0.05, 0) is 43.6 Å². The average molecular weight is 245 g/mol. The number of hydrogen-bond acceptors (Lipinski definition) is 3. The molecule has 1 amide bonds. The van der Waals surface area contributed by atoms with Gasteiger partial charge in [-0.2, -0.15) is 0 Å². The minimum absolute atomic E-state index is 0.154. The van der Waals surface area contributed by atoms with E-state index >= 15 is 0 Å². The Morgan fingerprint density at radius 2 is 1.89 bits per heavy atom. The molecule has 0 aliphatic carbocycles. The molecule has 0 bridgehead atoms. The Labute approximate surface area is 109 Å². The van der Waals surface area contributed by atoms with Gasteiger partial charge in [-0.25, -0.2) is 0 Å². The van der Waals surface area contributed by atoms with Crippen LogP contribution in [0.3, 0.4) is 0 Å². The van der Waals surface area contributed by atoms with Crippen molar-refractivity contribution in [2.45, 2.75) is 18.3 Å². The summed E-state index contributed by atoms with van der Waals surface area (Å²) in [7, 11) is 9.42. The Hall–Kier alpha value is -1.42. The fraction of sp³-hybridized carbons (Fsp3) is 0.500. The highest BCUT2D eigenvalue weighted by Gasteiger charge is 2.43. The standard InChI is InChI=1S/C14H19N3O/c1-16(2)13(18)14(6-10-17(3)11-7-14)12-4-8-15-9-5-12/h3-5,8-9H,6-7,10-11H2,1-2H3. The van der Waals surface area contributed by atoms with Crippen molar-refractivity contribution in [1.82, 2.24) is 14.8 Å². The summed E-state index contributed by atoms with van der Waals surface area (Å²) in [5.74, 6) is 0.154. The third-order valence-corrected chi connectivity index (χ3v) is 3.70. The zero-order valence-electron chi connectivity index (χ0n) is 11.0. The lowest BCUT2D eigenvalue weighted by molar-refractivity contribution is -0.136. The molecule has 96 valence electrons. The molecule has 18 heavy (non-hydrogen) atoms. The van der Waals surface area contributed by atoms with Gasteiger partial charge in [0.05, 0.1) is 5.41 Å². The molecular weight excluding hydrogens is 226 g/mol. The van der Waals surface area contributed by atoms with E-state index in [-0.39, 0.29) is 5.91 Å². The van der Waals surface area contributed by atoms with Gasteiger partial charge in [0.2, 0.25) is 5.91 Å². The van der Waals surface area contributed by atoms with Gasteiger partial charge in [0, 0.05) is 33.5 Å². The van der Waals surface area contributed by atoms with Crippen LogP contribution in [0.5, 0.6) is 0 Å². The molecule has 0 unspecified atom stereocenters. The van der Waals surface area contributed by atoms with Crippen LogP contribution in [0, 0.1) is 7.05 Å². The first-order valence-electron chi connectivity index (χ1n) is 6.18. The third-order valence-electron chi connectivity index (χ3n) is 3.70. The SMILES string of the molecule is [CH]N1CCC(C(=O)N(C)C)(c2ccncc2)CC1. The van der Waals surface area contributed by atoms with E-state index in [9.17, 15) is 4.79 Å². The molecule has 0 saturated carbocycles. The first-order valence-corrected chi connectivity index (χ1v) is 6.18. The van der Waals surface area contributed by atoms with Crippen molar-refractivity contribution in [3.63, 3.8) is 0 Å². The van der Waals surface area contributed by atoms with Crippen LogP contribution < -0.4 is 0 Å². The summed E-state index contributed by atoms with van der Waals surface area (Å²) in [6.45, 7) is 1.48. The van der Waals surface area contributed by atoms with Gasteiger partial charge in [0.25, 0.3) is 0 Å². The molecule has 1 saturated heterocycles.